The Bertz CT molecular complexity index is 926. The molecule has 1 aromatic carbocycles. The van der Waals surface area contributed by atoms with Crippen LogP contribution in [0.5, 0.6) is 0 Å². The fourth-order valence-electron chi connectivity index (χ4n) is 8.18. The van der Waals surface area contributed by atoms with Crippen LogP contribution in [0.3, 0.4) is 0 Å². The van der Waals surface area contributed by atoms with E-state index in [2.05, 4.69) is 24.3 Å². The molecule has 0 unspecified atom stereocenters. The Hall–Kier alpha value is -2.18. The van der Waals surface area contributed by atoms with Gasteiger partial charge in [-0.2, -0.15) is 0 Å². The van der Waals surface area contributed by atoms with Gasteiger partial charge in [0.25, 0.3) is 0 Å². The van der Waals surface area contributed by atoms with Crippen LogP contribution >= 0.6 is 0 Å². The molecule has 6 heteroatoms. The quantitative estimate of drug-likeness (QED) is 0.567. The number of benzene rings is 1. The number of carbonyl (C=O) groups is 2. The van der Waals surface area contributed by atoms with Gasteiger partial charge in [-0.3, -0.25) is 0 Å². The van der Waals surface area contributed by atoms with E-state index in [0.29, 0.717) is 0 Å². The topological polar surface area (TPSA) is 71.1 Å². The number of carbonyl (C=O) groups excluding carboxylic acids is 2. The molecule has 7 rings (SSSR count). The molecule has 0 aromatic heterocycles. The predicted molar refractivity (Wildman–Crippen MR) is 98.3 cm³/mol. The van der Waals surface area contributed by atoms with Crippen molar-refractivity contribution in [1.82, 2.24) is 0 Å². The van der Waals surface area contributed by atoms with E-state index in [1.807, 2.05) is 12.1 Å². The zero-order chi connectivity index (χ0) is 19.7. The normalized spacial score (nSPS) is 51.1. The molecule has 150 valence electrons. The largest absolute Gasteiger partial charge is 0.467 e. The molecule has 6 bridgehead atoms. The van der Waals surface area contributed by atoms with Crippen molar-refractivity contribution >= 4 is 11.9 Å². The van der Waals surface area contributed by atoms with E-state index in [-0.39, 0.29) is 59.7 Å². The van der Waals surface area contributed by atoms with Gasteiger partial charge in [-0.15, -0.1) is 0 Å². The van der Waals surface area contributed by atoms with E-state index < -0.39 is 11.2 Å². The maximum absolute atomic E-state index is 13.4. The molecule has 4 heterocycles. The van der Waals surface area contributed by atoms with Crippen LogP contribution in [0, 0.1) is 35.5 Å². The lowest BCUT2D eigenvalue weighted by Gasteiger charge is -2.46. The summed E-state index contributed by atoms with van der Waals surface area (Å²) in [5.41, 5.74) is -0.132. The van der Waals surface area contributed by atoms with Gasteiger partial charge in [0, 0.05) is 23.7 Å². The lowest BCUT2D eigenvalue weighted by Crippen LogP contribution is -2.60. The second-order valence-corrected chi connectivity index (χ2v) is 9.33. The van der Waals surface area contributed by atoms with Crippen molar-refractivity contribution in [2.24, 2.45) is 35.5 Å². The van der Waals surface area contributed by atoms with Crippen LogP contribution in [0.15, 0.2) is 36.4 Å². The maximum atomic E-state index is 13.4. The highest BCUT2D eigenvalue weighted by molar-refractivity contribution is 5.90. The van der Waals surface area contributed by atoms with Gasteiger partial charge >= 0.3 is 11.9 Å². The Morgan fingerprint density at radius 2 is 1.34 bits per heavy atom. The minimum atomic E-state index is -1.17. The Morgan fingerprint density at radius 3 is 1.79 bits per heavy atom. The second kappa shape index (κ2) is 4.93. The summed E-state index contributed by atoms with van der Waals surface area (Å²) in [6.45, 7) is 0. The zero-order valence-corrected chi connectivity index (χ0v) is 16.2. The van der Waals surface area contributed by atoms with Crippen LogP contribution in [0.1, 0.15) is 29.8 Å². The summed E-state index contributed by atoms with van der Waals surface area (Å²) in [5, 5.41) is 0. The second-order valence-electron chi connectivity index (χ2n) is 9.33. The van der Waals surface area contributed by atoms with E-state index in [1.165, 1.54) is 14.2 Å². The maximum Gasteiger partial charge on any atom is 0.338 e. The highest BCUT2D eigenvalue weighted by Crippen LogP contribution is 2.80. The summed E-state index contributed by atoms with van der Waals surface area (Å²) in [6, 6.07) is 8.12. The van der Waals surface area contributed by atoms with E-state index in [4.69, 9.17) is 18.9 Å². The third-order valence-corrected chi connectivity index (χ3v) is 8.73. The van der Waals surface area contributed by atoms with Crippen molar-refractivity contribution in [3.8, 4) is 0 Å². The van der Waals surface area contributed by atoms with Gasteiger partial charge in [-0.05, 0) is 29.4 Å². The van der Waals surface area contributed by atoms with E-state index in [9.17, 15) is 9.59 Å². The standard InChI is InChI=1S/C23H22O6/c1-26-20(24)22-14-10-7-8-11(9-10)15(14)23(29-22,21(25)27-2)17-16(22)18-12-5-3-4-6-13(12)19(17)28-18/h3-8,10-11,14-19H,9H2,1-2H3/t10-,11+,14+,15-,16+,17-,18-,19+,22+,23-. The fourth-order valence-corrected chi connectivity index (χ4v) is 8.18. The lowest BCUT2D eigenvalue weighted by atomic mass is 9.51. The summed E-state index contributed by atoms with van der Waals surface area (Å²) in [6.07, 6.45) is 4.82. The molecule has 1 aromatic rings. The van der Waals surface area contributed by atoms with Crippen LogP contribution in [-0.2, 0) is 28.5 Å². The SMILES string of the molecule is COC(=O)[C@@]12O[C@@](C(=O)OC)([C@@H]3[C@H]1[C@@H]1O[C@H]3c3ccccc31)[C@H]1[C@@H]2[C@@H]2C=C[C@H]1C2. The lowest BCUT2D eigenvalue weighted by molar-refractivity contribution is -0.193. The van der Waals surface area contributed by atoms with Gasteiger partial charge in [0.1, 0.15) is 0 Å². The van der Waals surface area contributed by atoms with Crippen LogP contribution in [-0.4, -0.2) is 37.4 Å². The molecule has 0 radical (unpaired) electrons. The van der Waals surface area contributed by atoms with Crippen LogP contribution in [0.2, 0.25) is 0 Å². The van der Waals surface area contributed by atoms with Crippen LogP contribution < -0.4 is 0 Å². The third kappa shape index (κ3) is 1.47. The molecule has 3 saturated heterocycles. The van der Waals surface area contributed by atoms with Crippen molar-refractivity contribution < 1.29 is 28.5 Å². The Morgan fingerprint density at radius 1 is 0.862 bits per heavy atom. The number of methoxy groups -OCH3 is 2. The molecule has 29 heavy (non-hydrogen) atoms. The number of fused-ring (bicyclic) bond motifs is 19. The molecule has 2 aliphatic carbocycles. The molecule has 0 amide bonds. The minimum absolute atomic E-state index is 0.0830. The number of ether oxygens (including phenoxy) is 4. The van der Waals surface area contributed by atoms with Crippen molar-refractivity contribution in [3.63, 3.8) is 0 Å². The first-order chi connectivity index (χ1) is 14.1. The molecule has 4 aliphatic heterocycles. The third-order valence-electron chi connectivity index (χ3n) is 8.73. The molecule has 10 atom stereocenters. The smallest absolute Gasteiger partial charge is 0.338 e. The van der Waals surface area contributed by atoms with Crippen LogP contribution in [0.25, 0.3) is 0 Å². The highest BCUT2D eigenvalue weighted by Gasteiger charge is 2.89. The molecule has 6 aliphatic rings. The van der Waals surface area contributed by atoms with Gasteiger partial charge in [-0.1, -0.05) is 36.4 Å². The van der Waals surface area contributed by atoms with Gasteiger partial charge < -0.3 is 18.9 Å². The molecule has 0 spiro atoms. The first-order valence-electron chi connectivity index (χ1n) is 10.4. The number of rotatable bonds is 2. The molecular formula is C23H22O6. The Balaban J connectivity index is 1.52. The molecule has 0 N–H and O–H groups in total. The molecule has 4 fully saturated rings. The number of esters is 2. The Labute approximate surface area is 168 Å². The highest BCUT2D eigenvalue weighted by atomic mass is 16.6. The van der Waals surface area contributed by atoms with Crippen molar-refractivity contribution in [2.45, 2.75) is 29.8 Å². The first-order valence-corrected chi connectivity index (χ1v) is 10.4. The van der Waals surface area contributed by atoms with E-state index in [1.54, 1.807) is 0 Å². The average Bonchev–Trinajstić information content (AvgIpc) is 3.56. The predicted octanol–water partition coefficient (Wildman–Crippen LogP) is 2.35. The monoisotopic (exact) mass is 394 g/mol. The summed E-state index contributed by atoms with van der Waals surface area (Å²) in [7, 11) is 2.82. The van der Waals surface area contributed by atoms with E-state index >= 15 is 0 Å². The average molecular weight is 394 g/mol. The summed E-state index contributed by atoms with van der Waals surface area (Å²) >= 11 is 0. The zero-order valence-electron chi connectivity index (χ0n) is 16.2. The van der Waals surface area contributed by atoms with Gasteiger partial charge in [0.05, 0.1) is 26.4 Å². The molecular weight excluding hydrogens is 372 g/mol. The van der Waals surface area contributed by atoms with E-state index in [0.717, 1.165) is 17.5 Å². The van der Waals surface area contributed by atoms with Crippen molar-refractivity contribution in [3.05, 3.63) is 47.5 Å². The summed E-state index contributed by atoms with van der Waals surface area (Å²) in [4.78, 5) is 26.8. The first kappa shape index (κ1) is 16.6. The number of hydrogen-bond donors (Lipinski definition) is 0. The van der Waals surface area contributed by atoms with Gasteiger partial charge in [0.2, 0.25) is 0 Å². The molecule has 1 saturated carbocycles. The minimum Gasteiger partial charge on any atom is -0.467 e. The summed E-state index contributed by atoms with van der Waals surface area (Å²) in [5.74, 6) is -0.982. The number of hydrogen-bond acceptors (Lipinski definition) is 6. The number of allylic oxidation sites excluding steroid dienone is 2. The van der Waals surface area contributed by atoms with Crippen molar-refractivity contribution in [1.29, 1.82) is 0 Å². The fraction of sp³-hybridized carbons (Fsp3) is 0.565. The summed E-state index contributed by atoms with van der Waals surface area (Å²) < 4.78 is 23.9. The van der Waals surface area contributed by atoms with Gasteiger partial charge in [-0.25, -0.2) is 9.59 Å². The molecule has 6 nitrogen and oxygen atoms in total. The van der Waals surface area contributed by atoms with Crippen molar-refractivity contribution in [2.75, 3.05) is 14.2 Å². The van der Waals surface area contributed by atoms with Crippen LogP contribution in [0.4, 0.5) is 0 Å². The van der Waals surface area contributed by atoms with Gasteiger partial charge in [0.15, 0.2) is 11.2 Å². The Kier molecular flexibility index (Phi) is 2.82.